The van der Waals surface area contributed by atoms with Crippen LogP contribution in [0.25, 0.3) is 0 Å². The highest BCUT2D eigenvalue weighted by Gasteiger charge is 2.20. The van der Waals surface area contributed by atoms with Crippen LogP contribution in [0.3, 0.4) is 0 Å². The van der Waals surface area contributed by atoms with Crippen molar-refractivity contribution in [2.45, 2.75) is 12.5 Å². The molecule has 0 aromatic heterocycles. The van der Waals surface area contributed by atoms with Crippen molar-refractivity contribution in [1.82, 2.24) is 0 Å². The van der Waals surface area contributed by atoms with Crippen LogP contribution in [0.2, 0.25) is 0 Å². The van der Waals surface area contributed by atoms with Gasteiger partial charge in [0.2, 0.25) is 0 Å². The molecule has 0 fully saturated rings. The highest BCUT2D eigenvalue weighted by molar-refractivity contribution is 9.10. The van der Waals surface area contributed by atoms with Crippen LogP contribution in [-0.2, 0) is 16.1 Å². The Labute approximate surface area is 126 Å². The van der Waals surface area contributed by atoms with Crippen molar-refractivity contribution in [3.63, 3.8) is 0 Å². The molecule has 0 heterocycles. The molecule has 0 saturated heterocycles. The summed E-state index contributed by atoms with van der Waals surface area (Å²) in [7, 11) is 0. The second kappa shape index (κ2) is 7.22. The molecular formula is C16H16BrNO2. The number of halogens is 1. The van der Waals surface area contributed by atoms with Crippen molar-refractivity contribution >= 4 is 21.9 Å². The minimum absolute atomic E-state index is 0.239. The zero-order chi connectivity index (χ0) is 14.4. The maximum Gasteiger partial charge on any atom is 0.315 e. The monoisotopic (exact) mass is 333 g/mol. The SMILES string of the molecule is NCC(C(=O)OCc1ccc(Br)cc1)c1ccccc1. The molecule has 0 aliphatic rings. The zero-order valence-corrected chi connectivity index (χ0v) is 12.5. The van der Waals surface area contributed by atoms with Gasteiger partial charge >= 0.3 is 5.97 Å². The molecule has 4 heteroatoms. The lowest BCUT2D eigenvalue weighted by molar-refractivity contribution is -0.146. The van der Waals surface area contributed by atoms with E-state index in [1.54, 1.807) is 0 Å². The normalized spacial score (nSPS) is 11.9. The molecule has 1 unspecified atom stereocenters. The molecule has 3 nitrogen and oxygen atoms in total. The number of carbonyl (C=O) groups excluding carboxylic acids is 1. The van der Waals surface area contributed by atoms with Crippen LogP contribution in [0.1, 0.15) is 17.0 Å². The number of benzene rings is 2. The van der Waals surface area contributed by atoms with Gasteiger partial charge in [-0.25, -0.2) is 0 Å². The van der Waals surface area contributed by atoms with E-state index in [2.05, 4.69) is 15.9 Å². The first-order valence-corrected chi connectivity index (χ1v) is 7.16. The summed E-state index contributed by atoms with van der Waals surface area (Å²) in [5.74, 6) is -0.701. The van der Waals surface area contributed by atoms with Crippen LogP contribution in [0.4, 0.5) is 0 Å². The number of ether oxygens (including phenoxy) is 1. The van der Waals surface area contributed by atoms with E-state index in [9.17, 15) is 4.79 Å². The van der Waals surface area contributed by atoms with Crippen molar-refractivity contribution in [2.24, 2.45) is 5.73 Å². The topological polar surface area (TPSA) is 52.3 Å². The van der Waals surface area contributed by atoms with Crippen LogP contribution < -0.4 is 5.73 Å². The van der Waals surface area contributed by atoms with Crippen molar-refractivity contribution in [3.05, 3.63) is 70.2 Å². The molecule has 0 radical (unpaired) electrons. The van der Waals surface area contributed by atoms with Crippen molar-refractivity contribution in [3.8, 4) is 0 Å². The van der Waals surface area contributed by atoms with Crippen molar-refractivity contribution in [2.75, 3.05) is 6.54 Å². The van der Waals surface area contributed by atoms with Crippen molar-refractivity contribution < 1.29 is 9.53 Å². The summed E-state index contributed by atoms with van der Waals surface area (Å²) in [5, 5.41) is 0. The summed E-state index contributed by atoms with van der Waals surface area (Å²) < 4.78 is 6.34. The third-order valence-electron chi connectivity index (χ3n) is 3.02. The Balaban J connectivity index is 1.98. The Morgan fingerprint density at radius 3 is 2.35 bits per heavy atom. The van der Waals surface area contributed by atoms with Crippen LogP contribution in [-0.4, -0.2) is 12.5 Å². The minimum Gasteiger partial charge on any atom is -0.460 e. The zero-order valence-electron chi connectivity index (χ0n) is 11.0. The lowest BCUT2D eigenvalue weighted by Gasteiger charge is -2.14. The predicted octanol–water partition coefficient (Wildman–Crippen LogP) is 3.23. The molecule has 2 aromatic carbocycles. The summed E-state index contributed by atoms with van der Waals surface area (Å²) in [5.41, 5.74) is 7.52. The van der Waals surface area contributed by atoms with Gasteiger partial charge in [0.25, 0.3) is 0 Å². The third-order valence-corrected chi connectivity index (χ3v) is 3.55. The number of carbonyl (C=O) groups is 1. The summed E-state index contributed by atoms with van der Waals surface area (Å²) in [6.07, 6.45) is 0. The Kier molecular flexibility index (Phi) is 5.32. The van der Waals surface area contributed by atoms with E-state index < -0.39 is 5.92 Å². The Bertz CT molecular complexity index is 554. The van der Waals surface area contributed by atoms with E-state index in [1.807, 2.05) is 54.6 Å². The van der Waals surface area contributed by atoms with Gasteiger partial charge in [0.05, 0.1) is 5.92 Å². The first kappa shape index (κ1) is 14.8. The summed E-state index contributed by atoms with van der Waals surface area (Å²) in [6, 6.07) is 17.1. The average molecular weight is 334 g/mol. The number of rotatable bonds is 5. The number of esters is 1. The van der Waals surface area contributed by atoms with Gasteiger partial charge in [-0.15, -0.1) is 0 Å². The van der Waals surface area contributed by atoms with E-state index in [0.717, 1.165) is 15.6 Å². The van der Waals surface area contributed by atoms with E-state index >= 15 is 0 Å². The Morgan fingerprint density at radius 2 is 1.75 bits per heavy atom. The first-order chi connectivity index (χ1) is 9.70. The van der Waals surface area contributed by atoms with Crippen LogP contribution in [0.15, 0.2) is 59.1 Å². The summed E-state index contributed by atoms with van der Waals surface area (Å²) in [6.45, 7) is 0.499. The quantitative estimate of drug-likeness (QED) is 0.854. The van der Waals surface area contributed by atoms with Gasteiger partial charge in [0, 0.05) is 11.0 Å². The van der Waals surface area contributed by atoms with Gasteiger partial charge in [-0.1, -0.05) is 58.4 Å². The molecule has 0 aliphatic heterocycles. The summed E-state index contributed by atoms with van der Waals surface area (Å²) in [4.78, 5) is 12.1. The lowest BCUT2D eigenvalue weighted by atomic mass is 10.00. The molecule has 2 N–H and O–H groups in total. The largest absolute Gasteiger partial charge is 0.460 e. The third kappa shape index (κ3) is 3.92. The molecule has 0 spiro atoms. The van der Waals surface area contributed by atoms with E-state index in [0.29, 0.717) is 0 Å². The first-order valence-electron chi connectivity index (χ1n) is 6.37. The van der Waals surface area contributed by atoms with Crippen LogP contribution in [0, 0.1) is 0 Å². The van der Waals surface area contributed by atoms with Gasteiger partial charge in [-0.3, -0.25) is 4.79 Å². The smallest absolute Gasteiger partial charge is 0.315 e. The van der Waals surface area contributed by atoms with E-state index in [4.69, 9.17) is 10.5 Å². The van der Waals surface area contributed by atoms with Crippen LogP contribution >= 0.6 is 15.9 Å². The number of hydrogen-bond acceptors (Lipinski definition) is 3. The van der Waals surface area contributed by atoms with Gasteiger partial charge < -0.3 is 10.5 Å². The number of nitrogens with two attached hydrogens (primary N) is 1. The highest BCUT2D eigenvalue weighted by Crippen LogP contribution is 2.17. The maximum atomic E-state index is 12.1. The van der Waals surface area contributed by atoms with E-state index in [1.165, 1.54) is 0 Å². The molecule has 2 aromatic rings. The standard InChI is InChI=1S/C16H16BrNO2/c17-14-8-6-12(7-9-14)11-20-16(19)15(10-18)13-4-2-1-3-5-13/h1-9,15H,10-11,18H2. The maximum absolute atomic E-state index is 12.1. The highest BCUT2D eigenvalue weighted by atomic mass is 79.9. The predicted molar refractivity (Wildman–Crippen MR) is 82.2 cm³/mol. The molecule has 0 amide bonds. The lowest BCUT2D eigenvalue weighted by Crippen LogP contribution is -2.23. The van der Waals surface area contributed by atoms with Gasteiger partial charge in [0.1, 0.15) is 6.61 Å². The second-order valence-corrected chi connectivity index (χ2v) is 5.35. The molecule has 0 bridgehead atoms. The molecule has 20 heavy (non-hydrogen) atoms. The van der Waals surface area contributed by atoms with Gasteiger partial charge in [-0.2, -0.15) is 0 Å². The molecule has 104 valence electrons. The van der Waals surface area contributed by atoms with Crippen molar-refractivity contribution in [1.29, 1.82) is 0 Å². The molecular weight excluding hydrogens is 318 g/mol. The number of hydrogen-bond donors (Lipinski definition) is 1. The summed E-state index contributed by atoms with van der Waals surface area (Å²) >= 11 is 3.37. The van der Waals surface area contributed by atoms with Crippen LogP contribution in [0.5, 0.6) is 0 Å². The molecule has 0 saturated carbocycles. The molecule has 0 aliphatic carbocycles. The Morgan fingerprint density at radius 1 is 1.10 bits per heavy atom. The fourth-order valence-electron chi connectivity index (χ4n) is 1.89. The van der Waals surface area contributed by atoms with E-state index in [-0.39, 0.29) is 19.1 Å². The van der Waals surface area contributed by atoms with Gasteiger partial charge in [-0.05, 0) is 23.3 Å². The molecule has 2 rings (SSSR count). The fraction of sp³-hybridized carbons (Fsp3) is 0.188. The second-order valence-electron chi connectivity index (χ2n) is 4.43. The van der Waals surface area contributed by atoms with Gasteiger partial charge in [0.15, 0.2) is 0 Å². The Hall–Kier alpha value is -1.65. The average Bonchev–Trinajstić information content (AvgIpc) is 2.48. The fourth-order valence-corrected chi connectivity index (χ4v) is 2.15. The molecule has 1 atom stereocenters. The minimum atomic E-state index is -0.411.